The van der Waals surface area contributed by atoms with E-state index in [0.717, 1.165) is 10.9 Å². The van der Waals surface area contributed by atoms with Gasteiger partial charge in [0, 0.05) is 34.0 Å². The molecule has 0 fully saturated rings. The van der Waals surface area contributed by atoms with E-state index in [1.54, 1.807) is 43.5 Å². The molecule has 2 amide bonds. The van der Waals surface area contributed by atoms with Gasteiger partial charge in [-0.2, -0.15) is 0 Å². The number of sulfonamides is 1. The summed E-state index contributed by atoms with van der Waals surface area (Å²) in [5, 5.41) is 6.84. The topological polar surface area (TPSA) is 128 Å². The van der Waals surface area contributed by atoms with E-state index in [4.69, 9.17) is 23.2 Å². The number of aliphatic imine (C=N–C) groups is 2. The fraction of sp³-hybridized carbons (Fsp3) is 0.0741. The molecule has 0 bridgehead atoms. The van der Waals surface area contributed by atoms with Crippen molar-refractivity contribution in [1.82, 2.24) is 10.3 Å². The first-order valence-electron chi connectivity index (χ1n) is 11.5. The third-order valence-corrected chi connectivity index (χ3v) is 8.11. The van der Waals surface area contributed by atoms with Crippen molar-refractivity contribution in [3.8, 4) is 0 Å². The minimum Gasteiger partial charge on any atom is -0.361 e. The highest BCUT2D eigenvalue weighted by atomic mass is 35.5. The summed E-state index contributed by atoms with van der Waals surface area (Å²) in [6, 6.07) is 15.3. The van der Waals surface area contributed by atoms with Gasteiger partial charge in [-0.1, -0.05) is 35.3 Å². The Morgan fingerprint density at radius 1 is 1.00 bits per heavy atom. The van der Waals surface area contributed by atoms with Crippen LogP contribution in [0, 0.1) is 0 Å². The predicted molar refractivity (Wildman–Crippen MR) is 160 cm³/mol. The third kappa shape index (κ3) is 6.31. The lowest BCUT2D eigenvalue weighted by molar-refractivity contribution is 0.249. The summed E-state index contributed by atoms with van der Waals surface area (Å²) in [6.07, 6.45) is 3.19. The standard InChI is InChI=1S/C27H24Cl2N6O3S/c1-16(21-9-10-22(26(29)25(21)28)24(31-3)15-30-2)33-27(36)34-18-4-7-20(8-5-18)39(37,38)35-19-6-11-23-17(14-19)12-13-32-23/h4-16,32,35H,2-3H2,1H3,(H2,33,34,36)/b24-15-/t16-/m0/s1. The van der Waals surface area contributed by atoms with Crippen LogP contribution in [0.4, 0.5) is 16.2 Å². The number of hydrogen-bond acceptors (Lipinski definition) is 5. The molecule has 4 N–H and O–H groups in total. The van der Waals surface area contributed by atoms with Crippen LogP contribution in [-0.4, -0.2) is 32.9 Å². The fourth-order valence-electron chi connectivity index (χ4n) is 3.87. The lowest BCUT2D eigenvalue weighted by Gasteiger charge is -2.18. The van der Waals surface area contributed by atoms with Crippen LogP contribution >= 0.6 is 23.2 Å². The van der Waals surface area contributed by atoms with Crippen LogP contribution < -0.4 is 15.4 Å². The van der Waals surface area contributed by atoms with Crippen molar-refractivity contribution >= 4 is 80.7 Å². The van der Waals surface area contributed by atoms with E-state index < -0.39 is 22.1 Å². The summed E-state index contributed by atoms with van der Waals surface area (Å²) < 4.78 is 28.2. The van der Waals surface area contributed by atoms with Crippen molar-refractivity contribution in [2.45, 2.75) is 17.9 Å². The quantitative estimate of drug-likeness (QED) is 0.161. The number of halogens is 2. The molecule has 12 heteroatoms. The number of urea groups is 1. The first-order valence-corrected chi connectivity index (χ1v) is 13.8. The van der Waals surface area contributed by atoms with E-state index in [1.165, 1.54) is 30.5 Å². The van der Waals surface area contributed by atoms with Crippen molar-refractivity contribution in [1.29, 1.82) is 0 Å². The molecule has 0 aliphatic carbocycles. The van der Waals surface area contributed by atoms with E-state index in [0.29, 0.717) is 28.2 Å². The molecule has 39 heavy (non-hydrogen) atoms. The number of carbonyl (C=O) groups excluding carboxylic acids is 1. The number of fused-ring (bicyclic) bond motifs is 1. The number of amides is 2. The number of benzene rings is 3. The zero-order chi connectivity index (χ0) is 28.2. The Bertz CT molecular complexity index is 1700. The summed E-state index contributed by atoms with van der Waals surface area (Å²) in [5.41, 5.74) is 3.26. The Kier molecular flexibility index (Phi) is 8.39. The maximum atomic E-state index is 12.8. The van der Waals surface area contributed by atoms with Gasteiger partial charge < -0.3 is 15.6 Å². The maximum absolute atomic E-state index is 12.8. The van der Waals surface area contributed by atoms with Gasteiger partial charge >= 0.3 is 6.03 Å². The van der Waals surface area contributed by atoms with Crippen LogP contribution in [0.2, 0.25) is 10.0 Å². The monoisotopic (exact) mass is 582 g/mol. The second-order valence-electron chi connectivity index (χ2n) is 8.42. The van der Waals surface area contributed by atoms with Crippen LogP contribution in [-0.2, 0) is 10.0 Å². The van der Waals surface area contributed by atoms with Gasteiger partial charge in [-0.3, -0.25) is 14.7 Å². The highest BCUT2D eigenvalue weighted by Crippen LogP contribution is 2.36. The number of anilines is 2. The number of H-pyrrole nitrogens is 1. The minimum atomic E-state index is -3.83. The molecule has 4 aromatic rings. The normalized spacial score (nSPS) is 12.5. The Morgan fingerprint density at radius 3 is 2.41 bits per heavy atom. The van der Waals surface area contributed by atoms with Gasteiger partial charge in [0.2, 0.25) is 0 Å². The third-order valence-electron chi connectivity index (χ3n) is 5.81. The SMILES string of the molecule is C=N/C=C(\N=C)c1ccc([C@H](C)NC(=O)Nc2ccc(S(=O)(=O)Nc3ccc4[nH]ccc4c3)cc2)c(Cl)c1Cl. The van der Waals surface area contributed by atoms with Gasteiger partial charge in [0.25, 0.3) is 10.0 Å². The first kappa shape index (κ1) is 27.9. The number of aromatic nitrogens is 1. The Labute approximate surface area is 235 Å². The van der Waals surface area contributed by atoms with Crippen LogP contribution in [0.15, 0.2) is 87.9 Å². The van der Waals surface area contributed by atoms with Crippen molar-refractivity contribution in [2.75, 3.05) is 10.0 Å². The molecule has 1 heterocycles. The molecule has 0 spiro atoms. The molecule has 9 nitrogen and oxygen atoms in total. The average Bonchev–Trinajstić information content (AvgIpc) is 3.37. The van der Waals surface area contributed by atoms with Gasteiger partial charge in [-0.05, 0) is 74.5 Å². The molecular weight excluding hydrogens is 559 g/mol. The fourth-order valence-corrected chi connectivity index (χ4v) is 5.52. The van der Waals surface area contributed by atoms with E-state index in [-0.39, 0.29) is 14.9 Å². The predicted octanol–water partition coefficient (Wildman–Crippen LogP) is 6.86. The minimum absolute atomic E-state index is 0.0478. The second-order valence-corrected chi connectivity index (χ2v) is 10.9. The molecule has 0 aliphatic rings. The number of carbonyl (C=O) groups is 1. The summed E-state index contributed by atoms with van der Waals surface area (Å²) in [4.78, 5) is 23.3. The molecule has 0 saturated carbocycles. The average molecular weight is 584 g/mol. The summed E-state index contributed by atoms with van der Waals surface area (Å²) in [5.74, 6) is 0. The second kappa shape index (κ2) is 11.7. The lowest BCUT2D eigenvalue weighted by atomic mass is 10.0. The number of aromatic amines is 1. The zero-order valence-corrected chi connectivity index (χ0v) is 23.0. The first-order chi connectivity index (χ1) is 18.6. The largest absolute Gasteiger partial charge is 0.361 e. The number of nitrogens with zero attached hydrogens (tertiary/aromatic N) is 2. The Hall–Kier alpha value is -4.12. The molecule has 1 atom stereocenters. The highest BCUT2D eigenvalue weighted by molar-refractivity contribution is 7.92. The molecule has 200 valence electrons. The Balaban J connectivity index is 1.41. The van der Waals surface area contributed by atoms with E-state index in [9.17, 15) is 13.2 Å². The van der Waals surface area contributed by atoms with Crippen molar-refractivity contribution in [3.63, 3.8) is 0 Å². The van der Waals surface area contributed by atoms with Crippen molar-refractivity contribution in [3.05, 3.63) is 94.2 Å². The maximum Gasteiger partial charge on any atom is 0.319 e. The Morgan fingerprint density at radius 2 is 1.72 bits per heavy atom. The highest BCUT2D eigenvalue weighted by Gasteiger charge is 2.19. The van der Waals surface area contributed by atoms with Gasteiger partial charge in [0.1, 0.15) is 0 Å². The van der Waals surface area contributed by atoms with E-state index >= 15 is 0 Å². The molecular formula is C27H24Cl2N6O3S. The number of hydrogen-bond donors (Lipinski definition) is 4. The number of nitrogens with one attached hydrogen (secondary N) is 4. The lowest BCUT2D eigenvalue weighted by Crippen LogP contribution is -2.31. The number of rotatable bonds is 9. The molecule has 0 saturated heterocycles. The van der Waals surface area contributed by atoms with Gasteiger partial charge in [-0.25, -0.2) is 13.2 Å². The van der Waals surface area contributed by atoms with E-state index in [2.05, 4.69) is 43.8 Å². The van der Waals surface area contributed by atoms with Crippen molar-refractivity contribution < 1.29 is 13.2 Å². The van der Waals surface area contributed by atoms with Gasteiger partial charge in [0.05, 0.1) is 32.9 Å². The van der Waals surface area contributed by atoms with Crippen LogP contribution in [0.5, 0.6) is 0 Å². The summed E-state index contributed by atoms with van der Waals surface area (Å²) >= 11 is 12.9. The van der Waals surface area contributed by atoms with E-state index in [1.807, 2.05) is 6.07 Å². The van der Waals surface area contributed by atoms with Crippen molar-refractivity contribution in [2.24, 2.45) is 9.98 Å². The molecule has 0 radical (unpaired) electrons. The van der Waals surface area contributed by atoms with Gasteiger partial charge in [-0.15, -0.1) is 0 Å². The molecule has 0 aliphatic heterocycles. The smallest absolute Gasteiger partial charge is 0.319 e. The van der Waals surface area contributed by atoms with Crippen LogP contribution in [0.25, 0.3) is 16.6 Å². The zero-order valence-electron chi connectivity index (χ0n) is 20.7. The molecule has 1 aromatic heterocycles. The van der Waals surface area contributed by atoms with Crippen LogP contribution in [0.1, 0.15) is 24.1 Å². The molecule has 4 rings (SSSR count). The summed E-state index contributed by atoms with van der Waals surface area (Å²) in [6.45, 7) is 8.65. The van der Waals surface area contributed by atoms with Gasteiger partial charge in [0.15, 0.2) is 0 Å². The molecule has 3 aromatic carbocycles. The van der Waals surface area contributed by atoms with Crippen LogP contribution in [0.3, 0.4) is 0 Å². The molecule has 0 unspecified atom stereocenters. The summed E-state index contributed by atoms with van der Waals surface area (Å²) in [7, 11) is -3.83.